The molecule has 0 radical (unpaired) electrons. The second-order valence-corrected chi connectivity index (χ2v) is 8.95. The van der Waals surface area contributed by atoms with Crippen LogP contribution in [0.15, 0.2) is 76.8 Å². The number of imide groups is 2. The molecular weight excluding hydrogens is 552 g/mol. The molecular formula is C26H18BrClN2O6. The van der Waals surface area contributed by atoms with E-state index in [0.29, 0.717) is 16.3 Å². The number of nitrogens with one attached hydrogen (secondary N) is 1. The molecule has 1 saturated heterocycles. The van der Waals surface area contributed by atoms with Crippen molar-refractivity contribution in [3.8, 4) is 5.75 Å². The van der Waals surface area contributed by atoms with Crippen molar-refractivity contribution in [3.05, 3.63) is 98.5 Å². The molecule has 1 N–H and O–H groups in total. The predicted molar refractivity (Wildman–Crippen MR) is 137 cm³/mol. The molecule has 0 bridgehead atoms. The molecule has 0 aromatic heterocycles. The number of ether oxygens (including phenoxy) is 2. The third kappa shape index (κ3) is 5.48. The molecule has 1 fully saturated rings. The van der Waals surface area contributed by atoms with E-state index in [0.717, 1.165) is 14.9 Å². The molecule has 10 heteroatoms. The van der Waals surface area contributed by atoms with Crippen molar-refractivity contribution in [2.24, 2.45) is 0 Å². The van der Waals surface area contributed by atoms with Gasteiger partial charge in [-0.05, 0) is 66.2 Å². The van der Waals surface area contributed by atoms with Crippen molar-refractivity contribution in [1.82, 2.24) is 5.32 Å². The minimum Gasteiger partial charge on any atom is -0.488 e. The average molecular weight is 570 g/mol. The van der Waals surface area contributed by atoms with Gasteiger partial charge in [0, 0.05) is 15.1 Å². The number of nitrogens with zero attached hydrogens (tertiary/aromatic N) is 1. The number of carbonyl (C=O) groups is 4. The van der Waals surface area contributed by atoms with Crippen molar-refractivity contribution in [1.29, 1.82) is 0 Å². The molecule has 4 rings (SSSR count). The Morgan fingerprint density at radius 3 is 2.39 bits per heavy atom. The molecule has 182 valence electrons. The lowest BCUT2D eigenvalue weighted by molar-refractivity contribution is -0.122. The van der Waals surface area contributed by atoms with Gasteiger partial charge in [0.1, 0.15) is 17.9 Å². The lowest BCUT2D eigenvalue weighted by Gasteiger charge is -2.26. The maximum Gasteiger partial charge on any atom is 0.337 e. The summed E-state index contributed by atoms with van der Waals surface area (Å²) in [6.45, 7) is 0.238. The Balaban J connectivity index is 1.64. The molecule has 0 spiro atoms. The van der Waals surface area contributed by atoms with Gasteiger partial charge in [-0.1, -0.05) is 39.7 Å². The summed E-state index contributed by atoms with van der Waals surface area (Å²) in [7, 11) is 1.24. The molecule has 0 atom stereocenters. The monoisotopic (exact) mass is 568 g/mol. The Morgan fingerprint density at radius 1 is 1.03 bits per heavy atom. The van der Waals surface area contributed by atoms with Crippen LogP contribution < -0.4 is 15.0 Å². The van der Waals surface area contributed by atoms with Gasteiger partial charge in [0.2, 0.25) is 0 Å². The van der Waals surface area contributed by atoms with Crippen LogP contribution in [0.2, 0.25) is 5.02 Å². The lowest BCUT2D eigenvalue weighted by Crippen LogP contribution is -2.54. The number of hydrogen-bond acceptors (Lipinski definition) is 6. The van der Waals surface area contributed by atoms with Crippen LogP contribution in [-0.4, -0.2) is 30.9 Å². The highest BCUT2D eigenvalue weighted by Gasteiger charge is 2.37. The van der Waals surface area contributed by atoms with Crippen molar-refractivity contribution < 1.29 is 28.7 Å². The summed E-state index contributed by atoms with van der Waals surface area (Å²) in [5.74, 6) is -1.87. The van der Waals surface area contributed by atoms with Gasteiger partial charge in [-0.25, -0.2) is 14.5 Å². The summed E-state index contributed by atoms with van der Waals surface area (Å²) in [4.78, 5) is 50.8. The number of methoxy groups -OCH3 is 1. The van der Waals surface area contributed by atoms with Gasteiger partial charge in [0.05, 0.1) is 18.4 Å². The first-order chi connectivity index (χ1) is 17.3. The molecule has 1 aliphatic heterocycles. The fourth-order valence-corrected chi connectivity index (χ4v) is 3.86. The number of barbiturate groups is 1. The third-order valence-corrected chi connectivity index (χ3v) is 5.99. The van der Waals surface area contributed by atoms with E-state index in [-0.39, 0.29) is 23.4 Å². The summed E-state index contributed by atoms with van der Waals surface area (Å²) in [5.41, 5.74) is 1.41. The Bertz CT molecular complexity index is 1390. The number of halogens is 2. The minimum atomic E-state index is -0.911. The standard InChI is InChI=1S/C26H18BrClN2O6/c1-35-25(33)16-4-9-20(10-5-16)30-24(32)21(23(31)29-26(30)34)13-17-12-19(28)8-11-22(17)36-14-15-2-6-18(27)7-3-15/h2-13H,14H2,1H3,(H,29,31,34)/b21-13+. The average Bonchev–Trinajstić information content (AvgIpc) is 2.87. The van der Waals surface area contributed by atoms with Crippen LogP contribution in [0.3, 0.4) is 0 Å². The molecule has 0 unspecified atom stereocenters. The number of amides is 4. The molecule has 0 saturated carbocycles. The highest BCUT2D eigenvalue weighted by molar-refractivity contribution is 9.10. The van der Waals surface area contributed by atoms with Gasteiger partial charge in [-0.15, -0.1) is 0 Å². The van der Waals surface area contributed by atoms with Gasteiger partial charge in [0.15, 0.2) is 0 Å². The van der Waals surface area contributed by atoms with Crippen LogP contribution in [0.5, 0.6) is 5.75 Å². The first kappa shape index (κ1) is 25.2. The SMILES string of the molecule is COC(=O)c1ccc(N2C(=O)NC(=O)/C(=C\c3cc(Cl)ccc3OCc3ccc(Br)cc3)C2=O)cc1. The van der Waals surface area contributed by atoms with Crippen molar-refractivity contribution in [2.75, 3.05) is 12.0 Å². The quantitative estimate of drug-likeness (QED) is 0.251. The maximum absolute atomic E-state index is 13.2. The van der Waals surface area contributed by atoms with E-state index in [1.165, 1.54) is 37.5 Å². The van der Waals surface area contributed by atoms with Crippen molar-refractivity contribution in [3.63, 3.8) is 0 Å². The number of hydrogen-bond donors (Lipinski definition) is 1. The maximum atomic E-state index is 13.2. The van der Waals surface area contributed by atoms with Crippen molar-refractivity contribution in [2.45, 2.75) is 6.61 Å². The smallest absolute Gasteiger partial charge is 0.337 e. The Hall–Kier alpha value is -3.95. The van der Waals surface area contributed by atoms with Crippen molar-refractivity contribution >= 4 is 63.1 Å². The van der Waals surface area contributed by atoms with Crippen LogP contribution in [0, 0.1) is 0 Å². The zero-order valence-electron chi connectivity index (χ0n) is 18.8. The van der Waals surface area contributed by atoms with Crippen LogP contribution in [0.4, 0.5) is 10.5 Å². The molecule has 0 aliphatic carbocycles. The second kappa shape index (κ2) is 10.8. The van der Waals surface area contributed by atoms with E-state index >= 15 is 0 Å². The molecule has 4 amide bonds. The van der Waals surface area contributed by atoms with Gasteiger partial charge >= 0.3 is 12.0 Å². The molecule has 1 aliphatic rings. The largest absolute Gasteiger partial charge is 0.488 e. The summed E-state index contributed by atoms with van der Waals surface area (Å²) in [6, 6.07) is 17.1. The molecule has 8 nitrogen and oxygen atoms in total. The zero-order chi connectivity index (χ0) is 25.8. The first-order valence-electron chi connectivity index (χ1n) is 10.5. The highest BCUT2D eigenvalue weighted by Crippen LogP contribution is 2.29. The Labute approximate surface area is 219 Å². The number of benzene rings is 3. The number of rotatable bonds is 6. The summed E-state index contributed by atoms with van der Waals surface area (Å²) in [6.07, 6.45) is 1.32. The Kier molecular flexibility index (Phi) is 7.52. The van der Waals surface area contributed by atoms with Gasteiger partial charge in [0.25, 0.3) is 11.8 Å². The van der Waals surface area contributed by atoms with Crippen LogP contribution in [0.1, 0.15) is 21.5 Å². The van der Waals surface area contributed by atoms with E-state index in [4.69, 9.17) is 16.3 Å². The van der Waals surface area contributed by atoms with Crippen LogP contribution in [0.25, 0.3) is 6.08 Å². The fourth-order valence-electron chi connectivity index (χ4n) is 3.42. The Morgan fingerprint density at radius 2 is 1.72 bits per heavy atom. The van der Waals surface area contributed by atoms with E-state index in [1.807, 2.05) is 24.3 Å². The van der Waals surface area contributed by atoms with E-state index in [1.54, 1.807) is 18.2 Å². The van der Waals surface area contributed by atoms with Gasteiger partial charge in [-0.2, -0.15) is 0 Å². The summed E-state index contributed by atoms with van der Waals surface area (Å²) >= 11 is 9.55. The van der Waals surface area contributed by atoms with E-state index < -0.39 is 23.8 Å². The minimum absolute atomic E-state index is 0.168. The fraction of sp³-hybridized carbons (Fsp3) is 0.0769. The predicted octanol–water partition coefficient (Wildman–Crippen LogP) is 5.13. The summed E-state index contributed by atoms with van der Waals surface area (Å²) < 4.78 is 11.5. The van der Waals surface area contributed by atoms with Gasteiger partial charge < -0.3 is 9.47 Å². The van der Waals surface area contributed by atoms with E-state index in [9.17, 15) is 19.2 Å². The number of anilines is 1. The van der Waals surface area contributed by atoms with E-state index in [2.05, 4.69) is 26.0 Å². The second-order valence-electron chi connectivity index (χ2n) is 7.59. The normalized spacial score (nSPS) is 14.6. The molecule has 3 aromatic rings. The molecule has 1 heterocycles. The van der Waals surface area contributed by atoms with Crippen LogP contribution in [-0.2, 0) is 20.9 Å². The summed E-state index contributed by atoms with van der Waals surface area (Å²) in [5, 5.41) is 2.53. The first-order valence-corrected chi connectivity index (χ1v) is 11.7. The number of urea groups is 1. The third-order valence-electron chi connectivity index (χ3n) is 5.23. The molecule has 3 aromatic carbocycles. The lowest BCUT2D eigenvalue weighted by atomic mass is 10.1. The zero-order valence-corrected chi connectivity index (χ0v) is 21.1. The topological polar surface area (TPSA) is 102 Å². The number of carbonyl (C=O) groups excluding carboxylic acids is 4. The molecule has 36 heavy (non-hydrogen) atoms. The highest BCUT2D eigenvalue weighted by atomic mass is 79.9. The van der Waals surface area contributed by atoms with Gasteiger partial charge in [-0.3, -0.25) is 14.9 Å². The van der Waals surface area contributed by atoms with Crippen LogP contribution >= 0.6 is 27.5 Å². The number of esters is 1.